The summed E-state index contributed by atoms with van der Waals surface area (Å²) in [6, 6.07) is 11.7. The lowest BCUT2D eigenvalue weighted by Gasteiger charge is -2.27. The van der Waals surface area contributed by atoms with Crippen LogP contribution in [0, 0.1) is 11.8 Å². The Morgan fingerprint density at radius 3 is 2.64 bits per heavy atom. The number of aromatic amines is 1. The Labute approximate surface area is 163 Å². The standard InChI is InChI=1S/C21H23N5O2/c1-25(20-18-7-8-22-19(18)23-13-24-20)16-9-14-11-26(12-15(14)10-16)21(27)28-17-5-3-2-4-6-17/h2-8,13-16H,9-12H2,1H3,(H,22,23,24)/t14-,15-/m1/s1. The Morgan fingerprint density at radius 2 is 1.89 bits per heavy atom. The van der Waals surface area contributed by atoms with Gasteiger partial charge >= 0.3 is 6.09 Å². The van der Waals surface area contributed by atoms with Crippen LogP contribution < -0.4 is 9.64 Å². The molecule has 1 aliphatic carbocycles. The Balaban J connectivity index is 1.23. The van der Waals surface area contributed by atoms with Gasteiger partial charge in [0, 0.05) is 32.4 Å². The third kappa shape index (κ3) is 2.96. The smallest absolute Gasteiger partial charge is 0.410 e. The third-order valence-corrected chi connectivity index (χ3v) is 6.15. The molecule has 28 heavy (non-hydrogen) atoms. The Morgan fingerprint density at radius 1 is 1.14 bits per heavy atom. The lowest BCUT2D eigenvalue weighted by Crippen LogP contribution is -2.35. The van der Waals surface area contributed by atoms with E-state index in [1.807, 2.05) is 47.5 Å². The molecule has 7 nitrogen and oxygen atoms in total. The number of nitrogens with zero attached hydrogens (tertiary/aromatic N) is 4. The zero-order valence-corrected chi connectivity index (χ0v) is 15.8. The number of benzene rings is 1. The van der Waals surface area contributed by atoms with Gasteiger partial charge in [-0.1, -0.05) is 18.2 Å². The van der Waals surface area contributed by atoms with E-state index in [4.69, 9.17) is 4.74 Å². The number of aromatic nitrogens is 3. The van der Waals surface area contributed by atoms with Gasteiger partial charge in [-0.15, -0.1) is 0 Å². The minimum atomic E-state index is -0.240. The molecule has 1 amide bonds. The van der Waals surface area contributed by atoms with E-state index >= 15 is 0 Å². The molecule has 7 heteroatoms. The summed E-state index contributed by atoms with van der Waals surface area (Å²) in [6.45, 7) is 1.54. The van der Waals surface area contributed by atoms with Gasteiger partial charge in [0.25, 0.3) is 0 Å². The van der Waals surface area contributed by atoms with Crippen LogP contribution in [0.3, 0.4) is 0 Å². The fourth-order valence-electron chi connectivity index (χ4n) is 4.70. The number of carbonyl (C=O) groups is 1. The number of rotatable bonds is 3. The highest BCUT2D eigenvalue weighted by atomic mass is 16.6. The summed E-state index contributed by atoms with van der Waals surface area (Å²) in [7, 11) is 2.11. The topological polar surface area (TPSA) is 74.4 Å². The molecule has 2 atom stereocenters. The van der Waals surface area contributed by atoms with Crippen LogP contribution >= 0.6 is 0 Å². The molecule has 1 aromatic carbocycles. The van der Waals surface area contributed by atoms with Crippen LogP contribution in [0.4, 0.5) is 10.6 Å². The van der Waals surface area contributed by atoms with E-state index in [0.717, 1.165) is 42.8 Å². The molecule has 0 bridgehead atoms. The van der Waals surface area contributed by atoms with Crippen molar-refractivity contribution in [3.8, 4) is 5.75 Å². The highest BCUT2D eigenvalue weighted by Gasteiger charge is 2.44. The van der Waals surface area contributed by atoms with Gasteiger partial charge in [0.2, 0.25) is 0 Å². The van der Waals surface area contributed by atoms with Crippen LogP contribution in [0.15, 0.2) is 48.9 Å². The monoisotopic (exact) mass is 377 g/mol. The molecule has 3 heterocycles. The summed E-state index contributed by atoms with van der Waals surface area (Å²) < 4.78 is 5.50. The van der Waals surface area contributed by atoms with Crippen LogP contribution in [0.5, 0.6) is 5.75 Å². The van der Waals surface area contributed by atoms with E-state index in [2.05, 4.69) is 26.9 Å². The number of likely N-dealkylation sites (tertiary alicyclic amines) is 1. The van der Waals surface area contributed by atoms with Crippen LogP contribution in [-0.2, 0) is 0 Å². The molecule has 1 saturated carbocycles. The number of para-hydroxylation sites is 1. The van der Waals surface area contributed by atoms with Crippen molar-refractivity contribution in [2.45, 2.75) is 18.9 Å². The summed E-state index contributed by atoms with van der Waals surface area (Å²) in [6.07, 6.45) is 5.39. The summed E-state index contributed by atoms with van der Waals surface area (Å²) >= 11 is 0. The minimum absolute atomic E-state index is 0.240. The number of fused-ring (bicyclic) bond motifs is 2. The van der Waals surface area contributed by atoms with E-state index in [9.17, 15) is 4.79 Å². The van der Waals surface area contributed by atoms with Crippen LogP contribution in [-0.4, -0.2) is 52.1 Å². The number of H-pyrrole nitrogens is 1. The number of anilines is 1. The van der Waals surface area contributed by atoms with Crippen molar-refractivity contribution in [1.29, 1.82) is 0 Å². The highest BCUT2D eigenvalue weighted by molar-refractivity contribution is 5.87. The summed E-state index contributed by atoms with van der Waals surface area (Å²) in [4.78, 5) is 28.6. The number of nitrogens with one attached hydrogen (secondary N) is 1. The number of ether oxygens (including phenoxy) is 1. The molecule has 0 spiro atoms. The molecule has 3 aromatic rings. The quantitative estimate of drug-likeness (QED) is 0.758. The molecule has 144 valence electrons. The van der Waals surface area contributed by atoms with Crippen LogP contribution in [0.1, 0.15) is 12.8 Å². The molecule has 2 aliphatic rings. The molecule has 1 saturated heterocycles. The average Bonchev–Trinajstić information content (AvgIpc) is 3.42. The van der Waals surface area contributed by atoms with Crippen molar-refractivity contribution in [2.24, 2.45) is 11.8 Å². The van der Waals surface area contributed by atoms with Crippen molar-refractivity contribution >= 4 is 22.9 Å². The first kappa shape index (κ1) is 17.0. The normalized spacial score (nSPS) is 21.8. The minimum Gasteiger partial charge on any atom is -0.410 e. The molecule has 0 radical (unpaired) electrons. The second kappa shape index (κ2) is 6.82. The summed E-state index contributed by atoms with van der Waals surface area (Å²) in [5, 5.41) is 1.05. The first-order valence-electron chi connectivity index (χ1n) is 9.72. The van der Waals surface area contributed by atoms with Crippen LogP contribution in [0.25, 0.3) is 11.0 Å². The maximum absolute atomic E-state index is 12.5. The summed E-state index contributed by atoms with van der Waals surface area (Å²) in [5.74, 6) is 2.59. The van der Waals surface area contributed by atoms with Gasteiger partial charge in [0.05, 0.1) is 5.39 Å². The predicted octanol–water partition coefficient (Wildman–Crippen LogP) is 3.30. The number of amides is 1. The fraction of sp³-hybridized carbons (Fsp3) is 0.381. The van der Waals surface area contributed by atoms with Gasteiger partial charge in [0.15, 0.2) is 0 Å². The van der Waals surface area contributed by atoms with Crippen molar-refractivity contribution in [2.75, 3.05) is 25.0 Å². The molecule has 1 N–H and O–H groups in total. The first-order valence-corrected chi connectivity index (χ1v) is 9.72. The Bertz CT molecular complexity index is 975. The second-order valence-electron chi connectivity index (χ2n) is 7.78. The van der Waals surface area contributed by atoms with Gasteiger partial charge in [-0.2, -0.15) is 0 Å². The van der Waals surface area contributed by atoms with Crippen molar-refractivity contribution in [3.63, 3.8) is 0 Å². The average molecular weight is 377 g/mol. The Kier molecular flexibility index (Phi) is 4.15. The number of hydrogen-bond donors (Lipinski definition) is 1. The van der Waals surface area contributed by atoms with Gasteiger partial charge in [0.1, 0.15) is 23.5 Å². The van der Waals surface area contributed by atoms with E-state index < -0.39 is 0 Å². The Hall–Kier alpha value is -3.09. The molecular formula is C21H23N5O2. The second-order valence-corrected chi connectivity index (χ2v) is 7.78. The molecule has 5 rings (SSSR count). The summed E-state index contributed by atoms with van der Waals surface area (Å²) in [5.41, 5.74) is 0.866. The maximum atomic E-state index is 12.5. The fourth-order valence-corrected chi connectivity index (χ4v) is 4.70. The van der Waals surface area contributed by atoms with E-state index in [1.54, 1.807) is 6.33 Å². The lowest BCUT2D eigenvalue weighted by atomic mass is 10.0. The number of hydrogen-bond acceptors (Lipinski definition) is 5. The van der Waals surface area contributed by atoms with E-state index in [0.29, 0.717) is 23.6 Å². The van der Waals surface area contributed by atoms with Crippen molar-refractivity contribution < 1.29 is 9.53 Å². The largest absolute Gasteiger partial charge is 0.415 e. The third-order valence-electron chi connectivity index (χ3n) is 6.15. The van der Waals surface area contributed by atoms with Gasteiger partial charge in [-0.25, -0.2) is 14.8 Å². The SMILES string of the molecule is CN(c1ncnc2[nH]ccc12)C1C[C@@H]2CN(C(=O)Oc3ccccc3)C[C@H]2C1. The molecular weight excluding hydrogens is 354 g/mol. The van der Waals surface area contributed by atoms with Crippen molar-refractivity contribution in [3.05, 3.63) is 48.9 Å². The number of carbonyl (C=O) groups excluding carboxylic acids is 1. The van der Waals surface area contributed by atoms with Gasteiger partial charge in [-0.05, 0) is 42.9 Å². The molecule has 0 unspecified atom stereocenters. The molecule has 2 aromatic heterocycles. The van der Waals surface area contributed by atoms with E-state index in [1.165, 1.54) is 0 Å². The van der Waals surface area contributed by atoms with Gasteiger partial charge in [-0.3, -0.25) is 0 Å². The van der Waals surface area contributed by atoms with Crippen LogP contribution in [0.2, 0.25) is 0 Å². The van der Waals surface area contributed by atoms with E-state index in [-0.39, 0.29) is 6.09 Å². The molecule has 2 fully saturated rings. The molecule has 1 aliphatic heterocycles. The highest BCUT2D eigenvalue weighted by Crippen LogP contribution is 2.41. The maximum Gasteiger partial charge on any atom is 0.415 e. The van der Waals surface area contributed by atoms with Gasteiger partial charge < -0.3 is 19.5 Å². The predicted molar refractivity (Wildman–Crippen MR) is 106 cm³/mol. The zero-order valence-electron chi connectivity index (χ0n) is 15.8. The zero-order chi connectivity index (χ0) is 19.1. The van der Waals surface area contributed by atoms with Crippen molar-refractivity contribution in [1.82, 2.24) is 19.9 Å². The first-order chi connectivity index (χ1) is 13.7. The lowest BCUT2D eigenvalue weighted by molar-refractivity contribution is 0.159.